The lowest BCUT2D eigenvalue weighted by Gasteiger charge is -2.07. The Bertz CT molecular complexity index is 541. The van der Waals surface area contributed by atoms with Gasteiger partial charge in [0.15, 0.2) is 0 Å². The molecule has 80 valence electrons. The zero-order chi connectivity index (χ0) is 11.0. The number of pyridine rings is 1. The molecule has 0 spiro atoms. The molecule has 0 aliphatic heterocycles. The number of nitrogens with zero attached hydrogens (tertiary/aromatic N) is 1. The number of benzene rings is 1. The van der Waals surface area contributed by atoms with Gasteiger partial charge in [-0.15, -0.1) is 0 Å². The van der Waals surface area contributed by atoms with Gasteiger partial charge in [-0.1, -0.05) is 12.1 Å². The van der Waals surface area contributed by atoms with Crippen LogP contribution in [0.2, 0.25) is 0 Å². The van der Waals surface area contributed by atoms with Gasteiger partial charge in [0.1, 0.15) is 0 Å². The summed E-state index contributed by atoms with van der Waals surface area (Å²) in [5.41, 5.74) is 0.886. The highest BCUT2D eigenvalue weighted by Gasteiger charge is 2.29. The molecule has 0 saturated heterocycles. The molecule has 1 aliphatic carbocycles. The lowest BCUT2D eigenvalue weighted by molar-refractivity contribution is -0.117. The zero-order valence-corrected chi connectivity index (χ0v) is 8.81. The second-order valence-electron chi connectivity index (χ2n) is 4.17. The lowest BCUT2D eigenvalue weighted by atomic mass is 10.1. The lowest BCUT2D eigenvalue weighted by Crippen LogP contribution is -2.13. The van der Waals surface area contributed by atoms with Gasteiger partial charge in [-0.05, 0) is 25.0 Å². The standard InChI is InChI=1S/C13H12N2O/c16-13(9-4-5-9)15-12-3-1-2-10-8-14-7-6-11(10)12/h1-3,6-9H,4-5H2,(H,15,16). The van der Waals surface area contributed by atoms with E-state index in [4.69, 9.17) is 0 Å². The molecule has 1 aromatic carbocycles. The fourth-order valence-corrected chi connectivity index (χ4v) is 1.81. The average molecular weight is 212 g/mol. The number of hydrogen-bond donors (Lipinski definition) is 1. The van der Waals surface area contributed by atoms with Crippen molar-refractivity contribution in [2.24, 2.45) is 5.92 Å². The van der Waals surface area contributed by atoms with Crippen LogP contribution in [0.1, 0.15) is 12.8 Å². The predicted octanol–water partition coefficient (Wildman–Crippen LogP) is 2.58. The first-order chi connectivity index (χ1) is 7.84. The summed E-state index contributed by atoms with van der Waals surface area (Å²) in [6, 6.07) is 7.79. The minimum Gasteiger partial charge on any atom is -0.325 e. The number of hydrogen-bond acceptors (Lipinski definition) is 2. The Hall–Kier alpha value is -1.90. The van der Waals surface area contributed by atoms with Crippen LogP contribution >= 0.6 is 0 Å². The fraction of sp³-hybridized carbons (Fsp3) is 0.231. The number of rotatable bonds is 2. The van der Waals surface area contributed by atoms with Crippen LogP contribution in [0.5, 0.6) is 0 Å². The average Bonchev–Trinajstić information content (AvgIpc) is 3.13. The molecule has 0 unspecified atom stereocenters. The number of amides is 1. The number of carbonyl (C=O) groups excluding carboxylic acids is 1. The van der Waals surface area contributed by atoms with Gasteiger partial charge in [0.2, 0.25) is 5.91 Å². The second kappa shape index (κ2) is 3.59. The van der Waals surface area contributed by atoms with E-state index >= 15 is 0 Å². The van der Waals surface area contributed by atoms with E-state index in [2.05, 4.69) is 10.3 Å². The fourth-order valence-electron chi connectivity index (χ4n) is 1.81. The third-order valence-electron chi connectivity index (χ3n) is 2.89. The Morgan fingerprint density at radius 2 is 2.19 bits per heavy atom. The predicted molar refractivity (Wildman–Crippen MR) is 63.1 cm³/mol. The van der Waals surface area contributed by atoms with Gasteiger partial charge in [-0.3, -0.25) is 9.78 Å². The Morgan fingerprint density at radius 1 is 1.31 bits per heavy atom. The van der Waals surface area contributed by atoms with Gasteiger partial charge in [0.25, 0.3) is 0 Å². The maximum absolute atomic E-state index is 11.7. The van der Waals surface area contributed by atoms with Gasteiger partial charge in [-0.25, -0.2) is 0 Å². The van der Waals surface area contributed by atoms with Crippen molar-refractivity contribution in [3.8, 4) is 0 Å². The maximum Gasteiger partial charge on any atom is 0.227 e. The molecule has 0 atom stereocenters. The number of nitrogens with one attached hydrogen (secondary N) is 1. The molecule has 3 nitrogen and oxygen atoms in total. The van der Waals surface area contributed by atoms with Crippen molar-refractivity contribution in [3.05, 3.63) is 36.7 Å². The minimum absolute atomic E-state index is 0.143. The first kappa shape index (κ1) is 9.33. The summed E-state index contributed by atoms with van der Waals surface area (Å²) in [6.07, 6.45) is 5.60. The van der Waals surface area contributed by atoms with E-state index in [1.165, 1.54) is 0 Å². The number of carbonyl (C=O) groups is 1. The summed E-state index contributed by atoms with van der Waals surface area (Å²) < 4.78 is 0. The normalized spacial score (nSPS) is 15.0. The van der Waals surface area contributed by atoms with Crippen LogP contribution in [0.3, 0.4) is 0 Å². The van der Waals surface area contributed by atoms with E-state index in [-0.39, 0.29) is 11.8 Å². The van der Waals surface area contributed by atoms with E-state index in [9.17, 15) is 4.79 Å². The Morgan fingerprint density at radius 3 is 3.00 bits per heavy atom. The zero-order valence-electron chi connectivity index (χ0n) is 8.81. The molecule has 1 heterocycles. The van der Waals surface area contributed by atoms with Crippen LogP contribution in [0.15, 0.2) is 36.7 Å². The summed E-state index contributed by atoms with van der Waals surface area (Å²) in [5, 5.41) is 5.08. The molecule has 1 fully saturated rings. The molecule has 1 saturated carbocycles. The van der Waals surface area contributed by atoms with Gasteiger partial charge < -0.3 is 5.32 Å². The SMILES string of the molecule is O=C(Nc1cccc2cnccc12)C1CC1. The van der Waals surface area contributed by atoms with Crippen molar-refractivity contribution in [2.75, 3.05) is 5.32 Å². The van der Waals surface area contributed by atoms with Crippen molar-refractivity contribution in [1.82, 2.24) is 4.98 Å². The number of anilines is 1. The maximum atomic E-state index is 11.7. The van der Waals surface area contributed by atoms with E-state index in [1.54, 1.807) is 6.20 Å². The first-order valence-electron chi connectivity index (χ1n) is 5.48. The Labute approximate surface area is 93.5 Å². The summed E-state index contributed by atoms with van der Waals surface area (Å²) in [5.74, 6) is 0.376. The second-order valence-corrected chi connectivity index (χ2v) is 4.17. The molecule has 3 rings (SSSR count). The van der Waals surface area contributed by atoms with Crippen molar-refractivity contribution in [1.29, 1.82) is 0 Å². The van der Waals surface area contributed by atoms with Crippen LogP contribution in [0, 0.1) is 5.92 Å². The molecule has 1 N–H and O–H groups in total. The Kier molecular flexibility index (Phi) is 2.10. The van der Waals surface area contributed by atoms with Gasteiger partial charge in [0.05, 0.1) is 0 Å². The number of fused-ring (bicyclic) bond motifs is 1. The minimum atomic E-state index is 0.143. The van der Waals surface area contributed by atoms with Crippen molar-refractivity contribution in [3.63, 3.8) is 0 Å². The third-order valence-corrected chi connectivity index (χ3v) is 2.89. The van der Waals surface area contributed by atoms with Crippen molar-refractivity contribution < 1.29 is 4.79 Å². The summed E-state index contributed by atoms with van der Waals surface area (Å²) in [7, 11) is 0. The highest BCUT2D eigenvalue weighted by molar-refractivity contribution is 6.03. The van der Waals surface area contributed by atoms with Crippen LogP contribution < -0.4 is 5.32 Å². The number of aromatic nitrogens is 1. The monoisotopic (exact) mass is 212 g/mol. The highest BCUT2D eigenvalue weighted by atomic mass is 16.2. The molecule has 3 heteroatoms. The largest absolute Gasteiger partial charge is 0.325 e. The molecule has 2 aromatic rings. The molecular formula is C13H12N2O. The van der Waals surface area contributed by atoms with Crippen molar-refractivity contribution in [2.45, 2.75) is 12.8 Å². The van der Waals surface area contributed by atoms with E-state index in [1.807, 2.05) is 30.5 Å². The van der Waals surface area contributed by atoms with Crippen LogP contribution in [-0.2, 0) is 4.79 Å². The third kappa shape index (κ3) is 1.65. The molecule has 1 aliphatic rings. The highest BCUT2D eigenvalue weighted by Crippen LogP contribution is 2.31. The molecule has 1 amide bonds. The van der Waals surface area contributed by atoms with Crippen LogP contribution in [-0.4, -0.2) is 10.9 Å². The van der Waals surface area contributed by atoms with Crippen LogP contribution in [0.25, 0.3) is 10.8 Å². The molecule has 16 heavy (non-hydrogen) atoms. The van der Waals surface area contributed by atoms with Gasteiger partial charge in [0, 0.05) is 34.8 Å². The van der Waals surface area contributed by atoms with E-state index in [0.29, 0.717) is 0 Å². The van der Waals surface area contributed by atoms with Gasteiger partial charge >= 0.3 is 0 Å². The first-order valence-corrected chi connectivity index (χ1v) is 5.48. The molecule has 0 radical (unpaired) electrons. The topological polar surface area (TPSA) is 42.0 Å². The van der Waals surface area contributed by atoms with Gasteiger partial charge in [-0.2, -0.15) is 0 Å². The quantitative estimate of drug-likeness (QED) is 0.831. The summed E-state index contributed by atoms with van der Waals surface area (Å²) in [4.78, 5) is 15.8. The summed E-state index contributed by atoms with van der Waals surface area (Å²) in [6.45, 7) is 0. The smallest absolute Gasteiger partial charge is 0.227 e. The Balaban J connectivity index is 1.99. The molecule has 0 bridgehead atoms. The van der Waals surface area contributed by atoms with E-state index < -0.39 is 0 Å². The summed E-state index contributed by atoms with van der Waals surface area (Å²) >= 11 is 0. The van der Waals surface area contributed by atoms with Crippen molar-refractivity contribution >= 4 is 22.4 Å². The van der Waals surface area contributed by atoms with Crippen LogP contribution in [0.4, 0.5) is 5.69 Å². The molecular weight excluding hydrogens is 200 g/mol. The van der Waals surface area contributed by atoms with E-state index in [0.717, 1.165) is 29.3 Å². The molecule has 1 aromatic heterocycles.